The molecule has 1 aliphatic rings. The summed E-state index contributed by atoms with van der Waals surface area (Å²) >= 11 is 0. The van der Waals surface area contributed by atoms with Crippen LogP contribution in [0, 0.1) is 6.92 Å². The summed E-state index contributed by atoms with van der Waals surface area (Å²) in [6.45, 7) is 3.40. The van der Waals surface area contributed by atoms with Gasteiger partial charge in [0.15, 0.2) is 0 Å². The topological polar surface area (TPSA) is 81.4 Å². The van der Waals surface area contributed by atoms with Gasteiger partial charge < -0.3 is 19.5 Å². The number of hydrogen-bond acceptors (Lipinski definition) is 5. The largest absolute Gasteiger partial charge is 0.497 e. The van der Waals surface area contributed by atoms with Gasteiger partial charge in [0.2, 0.25) is 0 Å². The van der Waals surface area contributed by atoms with Gasteiger partial charge in [-0.2, -0.15) is 5.10 Å². The van der Waals surface area contributed by atoms with E-state index < -0.39 is 0 Å². The number of amides is 1. The monoisotopic (exact) mass is 421 g/mol. The molecule has 1 fully saturated rings. The minimum atomic E-state index is -0.139. The predicted molar refractivity (Wildman–Crippen MR) is 120 cm³/mol. The molecule has 8 heteroatoms. The lowest BCUT2D eigenvalue weighted by atomic mass is 10.1. The average molecular weight is 422 g/mol. The first-order valence-electron chi connectivity index (χ1n) is 10.3. The van der Waals surface area contributed by atoms with Crippen LogP contribution in [0.5, 0.6) is 5.75 Å². The number of nitrogens with one attached hydrogen (secondary N) is 1. The molecule has 0 aliphatic carbocycles. The highest BCUT2D eigenvalue weighted by Gasteiger charge is 2.27. The van der Waals surface area contributed by atoms with E-state index in [2.05, 4.69) is 15.3 Å². The quantitative estimate of drug-likeness (QED) is 0.683. The molecule has 162 valence electrons. The Hall–Kier alpha value is -3.55. The molecule has 1 aromatic carbocycles. The van der Waals surface area contributed by atoms with E-state index in [4.69, 9.17) is 4.74 Å². The predicted octanol–water partition coefficient (Wildman–Crippen LogP) is 2.11. The number of carbonyl (C=O) groups excluding carboxylic acids is 1. The van der Waals surface area contributed by atoms with Crippen molar-refractivity contribution in [3.63, 3.8) is 0 Å². The van der Waals surface area contributed by atoms with Crippen molar-refractivity contribution in [2.75, 3.05) is 25.1 Å². The number of ether oxygens (including phenoxy) is 1. The van der Waals surface area contributed by atoms with Crippen molar-refractivity contribution < 1.29 is 9.53 Å². The van der Waals surface area contributed by atoms with Crippen LogP contribution in [0.1, 0.15) is 22.5 Å². The highest BCUT2D eigenvalue weighted by atomic mass is 16.5. The van der Waals surface area contributed by atoms with Crippen LogP contribution in [0.3, 0.4) is 0 Å². The molecule has 1 N–H and O–H groups in total. The molecule has 1 saturated heterocycles. The van der Waals surface area contributed by atoms with Crippen LogP contribution < -0.4 is 20.5 Å². The van der Waals surface area contributed by atoms with E-state index in [0.29, 0.717) is 12.1 Å². The normalized spacial score (nSPS) is 15.9. The van der Waals surface area contributed by atoms with Crippen molar-refractivity contribution in [1.82, 2.24) is 19.7 Å². The Kier molecular flexibility index (Phi) is 5.54. The molecule has 3 aromatic rings. The first kappa shape index (κ1) is 20.7. The van der Waals surface area contributed by atoms with Crippen molar-refractivity contribution in [1.29, 1.82) is 0 Å². The lowest BCUT2D eigenvalue weighted by Gasteiger charge is -2.18. The SMILES string of the molecule is COc1ccc(-c2cc(C(=O)NC3CCN(c4ccc(=O)n(C)n4)C3)c(C)n2C)cc1. The summed E-state index contributed by atoms with van der Waals surface area (Å²) in [6.07, 6.45) is 0.827. The second kappa shape index (κ2) is 8.29. The maximum atomic E-state index is 13.0. The van der Waals surface area contributed by atoms with Gasteiger partial charge in [-0.15, -0.1) is 0 Å². The zero-order valence-electron chi connectivity index (χ0n) is 18.3. The van der Waals surface area contributed by atoms with Crippen LogP contribution >= 0.6 is 0 Å². The van der Waals surface area contributed by atoms with Gasteiger partial charge in [0.1, 0.15) is 11.6 Å². The molecule has 1 aliphatic heterocycles. The highest BCUT2D eigenvalue weighted by molar-refractivity contribution is 5.97. The Morgan fingerprint density at radius 1 is 1.16 bits per heavy atom. The number of nitrogens with zero attached hydrogens (tertiary/aromatic N) is 4. The third kappa shape index (κ3) is 4.05. The molecule has 0 bridgehead atoms. The van der Waals surface area contributed by atoms with Crippen molar-refractivity contribution in [2.45, 2.75) is 19.4 Å². The Morgan fingerprint density at radius 2 is 1.90 bits per heavy atom. The number of rotatable bonds is 5. The van der Waals surface area contributed by atoms with Crippen LogP contribution in [0.2, 0.25) is 0 Å². The summed E-state index contributed by atoms with van der Waals surface area (Å²) < 4.78 is 8.60. The lowest BCUT2D eigenvalue weighted by molar-refractivity contribution is 0.0939. The molecule has 31 heavy (non-hydrogen) atoms. The van der Waals surface area contributed by atoms with Gasteiger partial charge in [-0.3, -0.25) is 9.59 Å². The van der Waals surface area contributed by atoms with Crippen LogP contribution in [0.25, 0.3) is 11.3 Å². The molecular formula is C23H27N5O3. The number of benzene rings is 1. The highest BCUT2D eigenvalue weighted by Crippen LogP contribution is 2.27. The summed E-state index contributed by atoms with van der Waals surface area (Å²) in [5.74, 6) is 1.47. The fourth-order valence-corrected chi connectivity index (χ4v) is 3.98. The van der Waals surface area contributed by atoms with E-state index in [1.807, 2.05) is 48.9 Å². The third-order valence-corrected chi connectivity index (χ3v) is 5.96. The van der Waals surface area contributed by atoms with Crippen LogP contribution in [0.15, 0.2) is 47.3 Å². The van der Waals surface area contributed by atoms with Crippen LogP contribution in [-0.2, 0) is 14.1 Å². The smallest absolute Gasteiger partial charge is 0.266 e. The number of aryl methyl sites for hydroxylation is 1. The van der Waals surface area contributed by atoms with Gasteiger partial charge in [-0.25, -0.2) is 4.68 Å². The first-order valence-corrected chi connectivity index (χ1v) is 10.3. The lowest BCUT2D eigenvalue weighted by Crippen LogP contribution is -2.37. The molecule has 8 nitrogen and oxygen atoms in total. The fraction of sp³-hybridized carbons (Fsp3) is 0.348. The number of methoxy groups -OCH3 is 1. The van der Waals surface area contributed by atoms with Gasteiger partial charge in [-0.05, 0) is 55.3 Å². The Morgan fingerprint density at radius 3 is 2.58 bits per heavy atom. The molecule has 0 spiro atoms. The Bertz CT molecular complexity index is 1160. The van der Waals surface area contributed by atoms with Gasteiger partial charge in [0, 0.05) is 50.7 Å². The van der Waals surface area contributed by atoms with Gasteiger partial charge in [0.05, 0.1) is 12.7 Å². The Balaban J connectivity index is 1.47. The second-order valence-electron chi connectivity index (χ2n) is 7.87. The van der Waals surface area contributed by atoms with E-state index >= 15 is 0 Å². The summed E-state index contributed by atoms with van der Waals surface area (Å²) in [5.41, 5.74) is 3.45. The summed E-state index contributed by atoms with van der Waals surface area (Å²) in [7, 11) is 5.25. The summed E-state index contributed by atoms with van der Waals surface area (Å²) in [5, 5.41) is 7.47. The third-order valence-electron chi connectivity index (χ3n) is 5.96. The van der Waals surface area contributed by atoms with E-state index in [0.717, 1.165) is 41.5 Å². The van der Waals surface area contributed by atoms with E-state index in [-0.39, 0.29) is 17.5 Å². The molecule has 3 heterocycles. The number of anilines is 1. The second-order valence-corrected chi connectivity index (χ2v) is 7.87. The van der Waals surface area contributed by atoms with Crippen LogP contribution in [-0.4, -0.2) is 46.5 Å². The van der Waals surface area contributed by atoms with Gasteiger partial charge in [0.25, 0.3) is 11.5 Å². The molecule has 0 saturated carbocycles. The molecule has 2 aromatic heterocycles. The van der Waals surface area contributed by atoms with E-state index in [1.54, 1.807) is 20.2 Å². The molecule has 1 unspecified atom stereocenters. The number of hydrogen-bond donors (Lipinski definition) is 1. The summed E-state index contributed by atoms with van der Waals surface area (Å²) in [6, 6.07) is 13.0. The first-order chi connectivity index (χ1) is 14.9. The van der Waals surface area contributed by atoms with E-state index in [1.165, 1.54) is 10.7 Å². The van der Waals surface area contributed by atoms with Crippen molar-refractivity contribution in [3.8, 4) is 17.0 Å². The van der Waals surface area contributed by atoms with E-state index in [9.17, 15) is 9.59 Å². The van der Waals surface area contributed by atoms with Gasteiger partial charge >= 0.3 is 0 Å². The fourth-order valence-electron chi connectivity index (χ4n) is 3.98. The molecule has 4 rings (SSSR count). The van der Waals surface area contributed by atoms with Crippen molar-refractivity contribution in [3.05, 3.63) is 64.1 Å². The maximum Gasteiger partial charge on any atom is 0.266 e. The number of carbonyl (C=O) groups is 1. The zero-order valence-corrected chi connectivity index (χ0v) is 18.3. The summed E-state index contributed by atoms with van der Waals surface area (Å²) in [4.78, 5) is 26.7. The zero-order chi connectivity index (χ0) is 22.1. The molecular weight excluding hydrogens is 394 g/mol. The number of aromatic nitrogens is 3. The minimum Gasteiger partial charge on any atom is -0.497 e. The van der Waals surface area contributed by atoms with Gasteiger partial charge in [-0.1, -0.05) is 0 Å². The van der Waals surface area contributed by atoms with Crippen LogP contribution in [0.4, 0.5) is 5.82 Å². The molecule has 1 amide bonds. The molecule has 1 atom stereocenters. The minimum absolute atomic E-state index is 0.0237. The standard InChI is InChI=1S/C23H27N5O3/c1-15-19(13-20(26(15)2)16-5-7-18(31-4)8-6-16)23(30)24-17-11-12-28(14-17)21-9-10-22(29)27(3)25-21/h5-10,13,17H,11-12,14H2,1-4H3,(H,24,30). The average Bonchev–Trinajstić information content (AvgIpc) is 3.35. The van der Waals surface area contributed by atoms with Crippen molar-refractivity contribution in [2.24, 2.45) is 14.1 Å². The van der Waals surface area contributed by atoms with Crippen molar-refractivity contribution >= 4 is 11.7 Å². The Labute approximate surface area is 181 Å². The molecule has 0 radical (unpaired) electrons. The maximum absolute atomic E-state index is 13.0.